The Bertz CT molecular complexity index is 564. The number of likely N-dealkylation sites (tertiary alicyclic amines) is 1. The maximum atomic E-state index is 4.91. The van der Waals surface area contributed by atoms with E-state index < -0.39 is 0 Å². The number of aryl methyl sites for hydroxylation is 2. The van der Waals surface area contributed by atoms with Crippen molar-refractivity contribution >= 4 is 29.9 Å². The minimum absolute atomic E-state index is 0. The van der Waals surface area contributed by atoms with E-state index in [1.165, 1.54) is 17.7 Å². The number of nitrogens with zero attached hydrogens (tertiary/aromatic N) is 5. The average molecular weight is 462 g/mol. The van der Waals surface area contributed by atoms with E-state index in [2.05, 4.69) is 54.8 Å². The summed E-state index contributed by atoms with van der Waals surface area (Å²) in [6.45, 7) is 16.8. The molecule has 7 heteroatoms. The van der Waals surface area contributed by atoms with E-state index in [0.29, 0.717) is 12.6 Å². The van der Waals surface area contributed by atoms with Crippen molar-refractivity contribution in [3.05, 3.63) is 17.0 Å². The van der Waals surface area contributed by atoms with Crippen LogP contribution in [-0.4, -0.2) is 64.3 Å². The van der Waals surface area contributed by atoms with Crippen molar-refractivity contribution in [3.8, 4) is 0 Å². The molecule has 0 aromatic carbocycles. The lowest BCUT2D eigenvalue weighted by Gasteiger charge is -2.27. The van der Waals surface area contributed by atoms with Crippen LogP contribution in [0.25, 0.3) is 0 Å². The largest absolute Gasteiger partial charge is 0.357 e. The molecule has 0 radical (unpaired) electrons. The summed E-state index contributed by atoms with van der Waals surface area (Å²) >= 11 is 0. The van der Waals surface area contributed by atoms with Gasteiger partial charge in [0.15, 0.2) is 5.96 Å². The lowest BCUT2D eigenvalue weighted by Crippen LogP contribution is -2.43. The molecule has 25 heavy (non-hydrogen) atoms. The number of rotatable bonds is 6. The van der Waals surface area contributed by atoms with Gasteiger partial charge in [0.05, 0.1) is 12.2 Å². The molecule has 144 valence electrons. The molecule has 1 aliphatic rings. The van der Waals surface area contributed by atoms with E-state index in [4.69, 9.17) is 4.99 Å². The van der Waals surface area contributed by atoms with Gasteiger partial charge in [-0.3, -0.25) is 9.58 Å². The van der Waals surface area contributed by atoms with Crippen LogP contribution in [0.3, 0.4) is 0 Å². The number of aliphatic imine (C=N–C) groups is 1. The summed E-state index contributed by atoms with van der Waals surface area (Å²) in [4.78, 5) is 9.87. The third-order valence-corrected chi connectivity index (χ3v) is 5.17. The molecule has 1 aromatic rings. The quantitative estimate of drug-likeness (QED) is 0.401. The van der Waals surface area contributed by atoms with E-state index >= 15 is 0 Å². The minimum Gasteiger partial charge on any atom is -0.357 e. The molecule has 0 aliphatic carbocycles. The van der Waals surface area contributed by atoms with Gasteiger partial charge in [0.25, 0.3) is 0 Å². The zero-order chi connectivity index (χ0) is 17.7. The zero-order valence-corrected chi connectivity index (χ0v) is 19.0. The lowest BCUT2D eigenvalue weighted by atomic mass is 10.2. The van der Waals surface area contributed by atoms with Gasteiger partial charge in [0.2, 0.25) is 0 Å². The third kappa shape index (κ3) is 5.32. The van der Waals surface area contributed by atoms with Gasteiger partial charge in [-0.05, 0) is 40.3 Å². The standard InChI is InChI=1S/C18H34N6.HI/c1-7-19-18(20-12-17-14(4)21-22(6)15(17)5)24-11-10-16(13-24)23(8-2)9-3;/h16H,7-13H2,1-6H3,(H,19,20);1H. The van der Waals surface area contributed by atoms with Gasteiger partial charge in [-0.15, -0.1) is 24.0 Å². The van der Waals surface area contributed by atoms with Gasteiger partial charge in [-0.2, -0.15) is 5.10 Å². The Labute approximate surface area is 170 Å². The first-order valence-corrected chi connectivity index (χ1v) is 9.28. The van der Waals surface area contributed by atoms with Crippen LogP contribution in [0.1, 0.15) is 44.1 Å². The van der Waals surface area contributed by atoms with Crippen molar-refractivity contribution in [2.45, 2.75) is 53.6 Å². The fourth-order valence-corrected chi connectivity index (χ4v) is 3.60. The lowest BCUT2D eigenvalue weighted by molar-refractivity contribution is 0.223. The number of guanidine groups is 1. The summed E-state index contributed by atoms with van der Waals surface area (Å²) < 4.78 is 1.94. The highest BCUT2D eigenvalue weighted by Crippen LogP contribution is 2.17. The Morgan fingerprint density at radius 2 is 1.96 bits per heavy atom. The maximum absolute atomic E-state index is 4.91. The van der Waals surface area contributed by atoms with Crippen molar-refractivity contribution in [2.75, 3.05) is 32.7 Å². The third-order valence-electron chi connectivity index (χ3n) is 5.17. The minimum atomic E-state index is 0. The van der Waals surface area contributed by atoms with Gasteiger partial charge < -0.3 is 10.2 Å². The summed E-state index contributed by atoms with van der Waals surface area (Å²) in [5, 5.41) is 7.96. The van der Waals surface area contributed by atoms with Crippen molar-refractivity contribution in [2.24, 2.45) is 12.0 Å². The summed E-state index contributed by atoms with van der Waals surface area (Å²) in [5.74, 6) is 1.04. The van der Waals surface area contributed by atoms with Gasteiger partial charge >= 0.3 is 0 Å². The topological polar surface area (TPSA) is 48.7 Å². The molecule has 6 nitrogen and oxygen atoms in total. The average Bonchev–Trinajstić information content (AvgIpc) is 3.12. The highest BCUT2D eigenvalue weighted by Gasteiger charge is 2.28. The highest BCUT2D eigenvalue weighted by molar-refractivity contribution is 14.0. The molecule has 2 rings (SSSR count). The first-order chi connectivity index (χ1) is 11.5. The highest BCUT2D eigenvalue weighted by atomic mass is 127. The summed E-state index contributed by atoms with van der Waals surface area (Å²) in [7, 11) is 2.00. The normalized spacial score (nSPS) is 18.0. The van der Waals surface area contributed by atoms with E-state index in [1.807, 2.05) is 11.7 Å². The number of nitrogens with one attached hydrogen (secondary N) is 1. The summed E-state index contributed by atoms with van der Waals surface area (Å²) in [5.41, 5.74) is 3.53. The second-order valence-corrected chi connectivity index (χ2v) is 6.55. The maximum Gasteiger partial charge on any atom is 0.194 e. The van der Waals surface area contributed by atoms with E-state index in [1.54, 1.807) is 0 Å². The van der Waals surface area contributed by atoms with Crippen LogP contribution in [0.2, 0.25) is 0 Å². The van der Waals surface area contributed by atoms with Crippen LogP contribution in [0.4, 0.5) is 0 Å². The fraction of sp³-hybridized carbons (Fsp3) is 0.778. The van der Waals surface area contributed by atoms with Crippen LogP contribution in [0, 0.1) is 13.8 Å². The molecular weight excluding hydrogens is 427 g/mol. The Morgan fingerprint density at radius 3 is 2.48 bits per heavy atom. The molecule has 1 saturated heterocycles. The summed E-state index contributed by atoms with van der Waals surface area (Å²) in [6.07, 6.45) is 1.22. The van der Waals surface area contributed by atoms with Gasteiger partial charge in [0, 0.05) is 44.0 Å². The summed E-state index contributed by atoms with van der Waals surface area (Å²) in [6, 6.07) is 0.644. The molecule has 1 aliphatic heterocycles. The van der Waals surface area contributed by atoms with Gasteiger partial charge in [0.1, 0.15) is 0 Å². The smallest absolute Gasteiger partial charge is 0.194 e. The zero-order valence-electron chi connectivity index (χ0n) is 16.7. The van der Waals surface area contributed by atoms with Gasteiger partial charge in [-0.25, -0.2) is 4.99 Å². The first-order valence-electron chi connectivity index (χ1n) is 9.28. The molecule has 1 fully saturated rings. The molecule has 1 atom stereocenters. The molecule has 2 heterocycles. The van der Waals surface area contributed by atoms with E-state index in [-0.39, 0.29) is 24.0 Å². The van der Waals surface area contributed by atoms with Crippen molar-refractivity contribution in [1.82, 2.24) is 24.9 Å². The Balaban J connectivity index is 0.00000312. The van der Waals surface area contributed by atoms with Crippen LogP contribution < -0.4 is 5.32 Å². The second kappa shape index (κ2) is 10.4. The Hall–Kier alpha value is -0.830. The Kier molecular flexibility index (Phi) is 9.20. The molecule has 1 N–H and O–H groups in total. The fourth-order valence-electron chi connectivity index (χ4n) is 3.60. The molecule has 0 spiro atoms. The number of hydrogen-bond donors (Lipinski definition) is 1. The van der Waals surface area contributed by atoms with Gasteiger partial charge in [-0.1, -0.05) is 13.8 Å². The molecule has 1 aromatic heterocycles. The molecule has 0 amide bonds. The van der Waals surface area contributed by atoms with E-state index in [0.717, 1.165) is 44.4 Å². The number of halogens is 1. The molecular formula is C18H35IN6. The van der Waals surface area contributed by atoms with Crippen LogP contribution in [-0.2, 0) is 13.6 Å². The molecule has 1 unspecified atom stereocenters. The number of likely N-dealkylation sites (N-methyl/N-ethyl adjacent to an activating group) is 1. The van der Waals surface area contributed by atoms with E-state index in [9.17, 15) is 0 Å². The SMILES string of the molecule is CCNC(=NCc1c(C)nn(C)c1C)N1CCC(N(CC)CC)C1.I. The monoisotopic (exact) mass is 462 g/mol. The van der Waals surface area contributed by atoms with Crippen LogP contribution >= 0.6 is 24.0 Å². The first kappa shape index (κ1) is 22.2. The van der Waals surface area contributed by atoms with Crippen molar-refractivity contribution in [1.29, 1.82) is 0 Å². The van der Waals surface area contributed by atoms with Crippen LogP contribution in [0.15, 0.2) is 4.99 Å². The predicted molar refractivity (Wildman–Crippen MR) is 116 cm³/mol. The molecule has 0 saturated carbocycles. The van der Waals surface area contributed by atoms with Crippen LogP contribution in [0.5, 0.6) is 0 Å². The van der Waals surface area contributed by atoms with Crippen molar-refractivity contribution in [3.63, 3.8) is 0 Å². The van der Waals surface area contributed by atoms with Crippen molar-refractivity contribution < 1.29 is 0 Å². The molecule has 0 bridgehead atoms. The predicted octanol–water partition coefficient (Wildman–Crippen LogP) is 2.54. The number of hydrogen-bond acceptors (Lipinski definition) is 3. The second-order valence-electron chi connectivity index (χ2n) is 6.55. The number of aromatic nitrogens is 2. The Morgan fingerprint density at radius 1 is 1.28 bits per heavy atom.